The van der Waals surface area contributed by atoms with Gasteiger partial charge in [0.05, 0.1) is 0 Å². The van der Waals surface area contributed by atoms with Gasteiger partial charge in [-0.05, 0) is 48.5 Å². The lowest BCUT2D eigenvalue weighted by Gasteiger charge is -2.10. The van der Waals surface area contributed by atoms with Gasteiger partial charge in [-0.3, -0.25) is 4.79 Å². The molecule has 1 amide bonds. The predicted molar refractivity (Wildman–Crippen MR) is 113 cm³/mol. The molecule has 0 aliphatic rings. The first kappa shape index (κ1) is 20.4. The first-order valence-corrected chi connectivity index (χ1v) is 9.49. The van der Waals surface area contributed by atoms with E-state index in [2.05, 4.69) is 15.3 Å². The number of nitrogens with one attached hydrogen (secondary N) is 1. The molecule has 2 heterocycles. The van der Waals surface area contributed by atoms with E-state index in [1.54, 1.807) is 42.6 Å². The fourth-order valence-electron chi connectivity index (χ4n) is 2.84. The van der Waals surface area contributed by atoms with Gasteiger partial charge in [0, 0.05) is 34.6 Å². The van der Waals surface area contributed by atoms with Crippen molar-refractivity contribution in [1.82, 2.24) is 9.97 Å². The Kier molecular flexibility index (Phi) is 5.86. The average molecular weight is 438 g/mol. The smallest absolute Gasteiger partial charge is 0.262 e. The number of carbonyl (C=O) groups excluding carboxylic acids is 1. The van der Waals surface area contributed by atoms with Crippen LogP contribution in [0.2, 0.25) is 5.02 Å². The lowest BCUT2D eigenvalue weighted by atomic mass is 10.1. The summed E-state index contributed by atoms with van der Waals surface area (Å²) in [6, 6.07) is 16.8. The Hall–Kier alpha value is -3.84. The summed E-state index contributed by atoms with van der Waals surface area (Å²) < 4.78 is 33.3. The highest BCUT2D eigenvalue weighted by atomic mass is 35.5. The summed E-state index contributed by atoms with van der Waals surface area (Å²) in [6.07, 6.45) is 3.11. The molecule has 0 spiro atoms. The second-order valence-corrected chi connectivity index (χ2v) is 6.80. The van der Waals surface area contributed by atoms with Crippen molar-refractivity contribution in [1.29, 1.82) is 0 Å². The highest BCUT2D eigenvalue weighted by Crippen LogP contribution is 2.33. The van der Waals surface area contributed by atoms with Crippen molar-refractivity contribution < 1.29 is 18.3 Å². The van der Waals surface area contributed by atoms with Gasteiger partial charge in [-0.2, -0.15) is 0 Å². The van der Waals surface area contributed by atoms with Crippen LogP contribution in [0, 0.1) is 11.6 Å². The Bertz CT molecular complexity index is 1220. The molecule has 2 aromatic carbocycles. The number of nitrogens with zero attached hydrogens (tertiary/aromatic N) is 2. The molecule has 0 aliphatic carbocycles. The molecule has 0 radical (unpaired) electrons. The van der Waals surface area contributed by atoms with Crippen molar-refractivity contribution in [2.45, 2.75) is 0 Å². The quantitative estimate of drug-likeness (QED) is 0.408. The number of halogens is 3. The summed E-state index contributed by atoms with van der Waals surface area (Å²) in [4.78, 5) is 20.5. The zero-order chi connectivity index (χ0) is 21.8. The molecule has 0 atom stereocenters. The van der Waals surface area contributed by atoms with Crippen molar-refractivity contribution in [2.75, 3.05) is 5.32 Å². The summed E-state index contributed by atoms with van der Waals surface area (Å²) in [5.41, 5.74) is 0.642. The van der Waals surface area contributed by atoms with Crippen molar-refractivity contribution in [3.63, 3.8) is 0 Å². The van der Waals surface area contributed by atoms with Gasteiger partial charge in [0.2, 0.25) is 5.88 Å². The van der Waals surface area contributed by atoms with Gasteiger partial charge in [0.1, 0.15) is 28.8 Å². The number of hydrogen-bond donors (Lipinski definition) is 1. The van der Waals surface area contributed by atoms with Crippen LogP contribution in [0.4, 0.5) is 14.6 Å². The van der Waals surface area contributed by atoms with Crippen LogP contribution in [0.3, 0.4) is 0 Å². The van der Waals surface area contributed by atoms with E-state index in [9.17, 15) is 13.6 Å². The van der Waals surface area contributed by atoms with Gasteiger partial charge in [0.15, 0.2) is 0 Å². The van der Waals surface area contributed by atoms with Crippen molar-refractivity contribution in [2.24, 2.45) is 0 Å². The fraction of sp³-hybridized carbons (Fsp3) is 0. The van der Waals surface area contributed by atoms with E-state index in [0.717, 1.165) is 12.1 Å². The second kappa shape index (κ2) is 8.89. The standard InChI is InChI=1S/C23H14ClF2N3O2/c24-17-9-8-15(31-21-6-1-2-11-27-21)12-16(17)14-7-10-20(28-13-14)29-23(30)22-18(25)4-3-5-19(22)26/h1-13H,(H,28,29,30). The molecule has 154 valence electrons. The molecule has 0 bridgehead atoms. The average Bonchev–Trinajstić information content (AvgIpc) is 2.76. The third-order valence-electron chi connectivity index (χ3n) is 4.30. The predicted octanol–water partition coefficient (Wildman–Crippen LogP) is 6.12. The highest BCUT2D eigenvalue weighted by molar-refractivity contribution is 6.33. The maximum Gasteiger partial charge on any atom is 0.262 e. The van der Waals surface area contributed by atoms with E-state index in [4.69, 9.17) is 16.3 Å². The zero-order valence-corrected chi connectivity index (χ0v) is 16.6. The number of ether oxygens (including phenoxy) is 1. The maximum absolute atomic E-state index is 13.8. The van der Waals surface area contributed by atoms with E-state index in [-0.39, 0.29) is 5.82 Å². The van der Waals surface area contributed by atoms with E-state index in [0.29, 0.717) is 27.8 Å². The molecule has 31 heavy (non-hydrogen) atoms. The molecule has 8 heteroatoms. The van der Waals surface area contributed by atoms with Gasteiger partial charge in [-0.1, -0.05) is 23.7 Å². The summed E-state index contributed by atoms with van der Waals surface area (Å²) in [5.74, 6) is -1.73. The molecule has 2 aromatic heterocycles. The van der Waals surface area contributed by atoms with Crippen LogP contribution in [-0.4, -0.2) is 15.9 Å². The third kappa shape index (κ3) is 4.67. The number of rotatable bonds is 5. The first-order valence-electron chi connectivity index (χ1n) is 9.11. The van der Waals surface area contributed by atoms with Gasteiger partial charge >= 0.3 is 0 Å². The molecule has 4 aromatic rings. The monoisotopic (exact) mass is 437 g/mol. The van der Waals surface area contributed by atoms with Crippen molar-refractivity contribution in [3.05, 3.63) is 101 Å². The number of amides is 1. The number of hydrogen-bond acceptors (Lipinski definition) is 4. The van der Waals surface area contributed by atoms with Gasteiger partial charge in [-0.15, -0.1) is 0 Å². The number of benzene rings is 2. The largest absolute Gasteiger partial charge is 0.439 e. The lowest BCUT2D eigenvalue weighted by Crippen LogP contribution is -2.16. The van der Waals surface area contributed by atoms with Crippen LogP contribution >= 0.6 is 11.6 Å². The van der Waals surface area contributed by atoms with Crippen molar-refractivity contribution >= 4 is 23.3 Å². The topological polar surface area (TPSA) is 64.1 Å². The Labute approximate surface area is 181 Å². The molecular formula is C23H14ClF2N3O2. The molecule has 0 saturated carbocycles. The lowest BCUT2D eigenvalue weighted by molar-refractivity contribution is 0.101. The fourth-order valence-corrected chi connectivity index (χ4v) is 3.06. The van der Waals surface area contributed by atoms with Gasteiger partial charge in [0.25, 0.3) is 5.91 Å². The normalized spacial score (nSPS) is 10.5. The minimum atomic E-state index is -0.953. The molecule has 5 nitrogen and oxygen atoms in total. The number of anilines is 1. The highest BCUT2D eigenvalue weighted by Gasteiger charge is 2.17. The summed E-state index contributed by atoms with van der Waals surface area (Å²) >= 11 is 6.32. The molecule has 0 unspecified atom stereocenters. The summed E-state index contributed by atoms with van der Waals surface area (Å²) in [5, 5.41) is 2.85. The third-order valence-corrected chi connectivity index (χ3v) is 4.63. The van der Waals surface area contributed by atoms with Crippen LogP contribution in [0.25, 0.3) is 11.1 Å². The first-order chi connectivity index (χ1) is 15.0. The Balaban J connectivity index is 1.54. The van der Waals surface area contributed by atoms with E-state index >= 15 is 0 Å². The van der Waals surface area contributed by atoms with Gasteiger partial charge in [-0.25, -0.2) is 18.7 Å². The van der Waals surface area contributed by atoms with E-state index in [1.807, 2.05) is 6.07 Å². The molecule has 0 aliphatic heterocycles. The maximum atomic E-state index is 13.8. The Morgan fingerprint density at radius 2 is 1.74 bits per heavy atom. The van der Waals surface area contributed by atoms with Crippen LogP contribution in [0.1, 0.15) is 10.4 Å². The number of aromatic nitrogens is 2. The minimum absolute atomic E-state index is 0.133. The molecule has 4 rings (SSSR count). The molecule has 0 saturated heterocycles. The number of carbonyl (C=O) groups is 1. The summed E-state index contributed by atoms with van der Waals surface area (Å²) in [7, 11) is 0. The number of pyridine rings is 2. The van der Waals surface area contributed by atoms with Gasteiger partial charge < -0.3 is 10.1 Å². The Morgan fingerprint density at radius 1 is 0.935 bits per heavy atom. The SMILES string of the molecule is O=C(Nc1ccc(-c2cc(Oc3ccccn3)ccc2Cl)cn1)c1c(F)cccc1F. The van der Waals surface area contributed by atoms with Crippen LogP contribution in [-0.2, 0) is 0 Å². The minimum Gasteiger partial charge on any atom is -0.439 e. The van der Waals surface area contributed by atoms with Crippen molar-refractivity contribution in [3.8, 4) is 22.8 Å². The molecule has 0 fully saturated rings. The second-order valence-electron chi connectivity index (χ2n) is 6.39. The Morgan fingerprint density at radius 3 is 2.42 bits per heavy atom. The van der Waals surface area contributed by atoms with Crippen LogP contribution in [0.5, 0.6) is 11.6 Å². The van der Waals surface area contributed by atoms with E-state index < -0.39 is 23.1 Å². The molecular weight excluding hydrogens is 424 g/mol. The summed E-state index contributed by atoms with van der Waals surface area (Å²) in [6.45, 7) is 0. The molecule has 1 N–H and O–H groups in total. The van der Waals surface area contributed by atoms with Crippen LogP contribution < -0.4 is 10.1 Å². The zero-order valence-electron chi connectivity index (χ0n) is 15.9. The van der Waals surface area contributed by atoms with Crippen LogP contribution in [0.15, 0.2) is 79.1 Å². The van der Waals surface area contributed by atoms with E-state index in [1.165, 1.54) is 18.3 Å².